The monoisotopic (exact) mass is 535 g/mol. The van der Waals surface area contributed by atoms with Gasteiger partial charge in [0.1, 0.15) is 6.54 Å². The van der Waals surface area contributed by atoms with Crippen LogP contribution in [0.15, 0.2) is 23.2 Å². The zero-order chi connectivity index (χ0) is 21.4. The quantitative estimate of drug-likeness (QED) is 0.330. The molecule has 1 N–H and O–H groups in total. The third kappa shape index (κ3) is 8.25. The number of aliphatic imine (C=N–C) groups is 1. The number of piperazine rings is 1. The molecule has 1 aromatic rings. The zero-order valence-corrected chi connectivity index (χ0v) is 21.0. The van der Waals surface area contributed by atoms with Gasteiger partial charge in [0.15, 0.2) is 17.5 Å². The highest BCUT2D eigenvalue weighted by Crippen LogP contribution is 2.19. The summed E-state index contributed by atoms with van der Waals surface area (Å²) in [4.78, 5) is 22.5. The number of benzene rings is 1. The molecule has 1 aromatic carbocycles. The number of methoxy groups -OCH3 is 1. The minimum absolute atomic E-state index is 0. The molecule has 9 heteroatoms. The predicted molar refractivity (Wildman–Crippen MR) is 129 cm³/mol. The van der Waals surface area contributed by atoms with Crippen molar-refractivity contribution in [2.45, 2.75) is 20.4 Å². The van der Waals surface area contributed by atoms with Crippen LogP contribution in [0.3, 0.4) is 0 Å². The molecule has 0 saturated carbocycles. The SMILES string of the molecule is COc1ccc(CN2CCN(C(=NCC(=O)N(C)C)NCC(C)C)CC2)cc1F.I. The number of nitrogens with zero attached hydrogens (tertiary/aromatic N) is 4. The van der Waals surface area contributed by atoms with Crippen LogP contribution in [0.5, 0.6) is 5.75 Å². The molecule has 1 fully saturated rings. The average molecular weight is 535 g/mol. The second kappa shape index (κ2) is 12.9. The molecule has 0 radical (unpaired) electrons. The van der Waals surface area contributed by atoms with Gasteiger partial charge in [-0.15, -0.1) is 24.0 Å². The van der Waals surface area contributed by atoms with E-state index in [-0.39, 0.29) is 48.0 Å². The van der Waals surface area contributed by atoms with Gasteiger partial charge in [0.25, 0.3) is 0 Å². The normalized spacial score (nSPS) is 15.0. The Hall–Kier alpha value is -1.62. The lowest BCUT2D eigenvalue weighted by molar-refractivity contribution is -0.127. The Bertz CT molecular complexity index is 707. The number of carbonyl (C=O) groups is 1. The smallest absolute Gasteiger partial charge is 0.243 e. The van der Waals surface area contributed by atoms with E-state index in [1.807, 2.05) is 6.07 Å². The van der Waals surface area contributed by atoms with Crippen molar-refractivity contribution in [2.75, 3.05) is 60.5 Å². The van der Waals surface area contributed by atoms with E-state index in [1.54, 1.807) is 25.1 Å². The number of hydrogen-bond acceptors (Lipinski definition) is 4. The van der Waals surface area contributed by atoms with E-state index >= 15 is 0 Å². The van der Waals surface area contributed by atoms with E-state index in [0.717, 1.165) is 44.2 Å². The zero-order valence-electron chi connectivity index (χ0n) is 18.7. The Morgan fingerprint density at radius 3 is 2.47 bits per heavy atom. The fourth-order valence-corrected chi connectivity index (χ4v) is 3.03. The summed E-state index contributed by atoms with van der Waals surface area (Å²) >= 11 is 0. The Kier molecular flexibility index (Phi) is 11.4. The highest BCUT2D eigenvalue weighted by molar-refractivity contribution is 14.0. The lowest BCUT2D eigenvalue weighted by Gasteiger charge is -2.37. The second-order valence-corrected chi connectivity index (χ2v) is 7.93. The van der Waals surface area contributed by atoms with Crippen molar-refractivity contribution < 1.29 is 13.9 Å². The first kappa shape index (κ1) is 26.4. The van der Waals surface area contributed by atoms with E-state index in [9.17, 15) is 9.18 Å². The molecule has 0 unspecified atom stereocenters. The van der Waals surface area contributed by atoms with Crippen LogP contribution in [0.1, 0.15) is 19.4 Å². The number of guanidine groups is 1. The van der Waals surface area contributed by atoms with Crippen LogP contribution in [0.25, 0.3) is 0 Å². The first-order valence-electron chi connectivity index (χ1n) is 10.1. The predicted octanol–water partition coefficient (Wildman–Crippen LogP) is 2.26. The molecule has 1 aliphatic rings. The van der Waals surface area contributed by atoms with Crippen molar-refractivity contribution in [1.82, 2.24) is 20.0 Å². The third-order valence-electron chi connectivity index (χ3n) is 4.83. The van der Waals surface area contributed by atoms with Crippen LogP contribution >= 0.6 is 24.0 Å². The summed E-state index contributed by atoms with van der Waals surface area (Å²) in [6, 6.07) is 5.11. The van der Waals surface area contributed by atoms with Crippen LogP contribution < -0.4 is 10.1 Å². The van der Waals surface area contributed by atoms with Gasteiger partial charge in [-0.2, -0.15) is 0 Å². The molecule has 0 atom stereocenters. The van der Waals surface area contributed by atoms with Crippen molar-refractivity contribution in [3.63, 3.8) is 0 Å². The molecule has 170 valence electrons. The molecule has 1 amide bonds. The second-order valence-electron chi connectivity index (χ2n) is 7.93. The van der Waals surface area contributed by atoms with Gasteiger partial charge in [-0.25, -0.2) is 9.38 Å². The Labute approximate surface area is 196 Å². The molecule has 0 spiro atoms. The number of amides is 1. The van der Waals surface area contributed by atoms with Crippen molar-refractivity contribution in [3.8, 4) is 5.75 Å². The number of hydrogen-bond donors (Lipinski definition) is 1. The highest BCUT2D eigenvalue weighted by atomic mass is 127. The molecule has 0 bridgehead atoms. The average Bonchev–Trinajstić information content (AvgIpc) is 2.68. The van der Waals surface area contributed by atoms with Crippen LogP contribution in [0, 0.1) is 11.7 Å². The van der Waals surface area contributed by atoms with Crippen LogP contribution in [-0.2, 0) is 11.3 Å². The van der Waals surface area contributed by atoms with Crippen LogP contribution in [0.2, 0.25) is 0 Å². The Morgan fingerprint density at radius 1 is 1.27 bits per heavy atom. The van der Waals surface area contributed by atoms with E-state index < -0.39 is 0 Å². The van der Waals surface area contributed by atoms with Gasteiger partial charge in [0, 0.05) is 53.4 Å². The molecule has 7 nitrogen and oxygen atoms in total. The standard InChI is InChI=1S/C21H34FN5O2.HI/c1-16(2)13-23-21(24-14-20(28)25(3)4)27-10-8-26(9-11-27)15-17-6-7-19(29-5)18(22)12-17;/h6-7,12,16H,8-11,13-15H2,1-5H3,(H,23,24);1H. The lowest BCUT2D eigenvalue weighted by Crippen LogP contribution is -2.52. The molecule has 0 aliphatic carbocycles. The first-order valence-corrected chi connectivity index (χ1v) is 10.1. The molecule has 1 heterocycles. The topological polar surface area (TPSA) is 60.4 Å². The van der Waals surface area contributed by atoms with E-state index in [2.05, 4.69) is 34.0 Å². The van der Waals surface area contributed by atoms with E-state index in [0.29, 0.717) is 12.5 Å². The van der Waals surface area contributed by atoms with Gasteiger partial charge in [-0.3, -0.25) is 9.69 Å². The van der Waals surface area contributed by atoms with Crippen molar-refractivity contribution in [1.29, 1.82) is 0 Å². The molecule has 2 rings (SSSR count). The molecule has 0 aromatic heterocycles. The minimum atomic E-state index is -0.332. The van der Waals surface area contributed by atoms with E-state index in [1.165, 1.54) is 13.2 Å². The van der Waals surface area contributed by atoms with Gasteiger partial charge < -0.3 is 19.9 Å². The highest BCUT2D eigenvalue weighted by Gasteiger charge is 2.21. The number of rotatable bonds is 7. The maximum Gasteiger partial charge on any atom is 0.243 e. The van der Waals surface area contributed by atoms with Crippen LogP contribution in [-0.4, -0.2) is 87.0 Å². The molecular weight excluding hydrogens is 500 g/mol. The summed E-state index contributed by atoms with van der Waals surface area (Å²) in [5, 5.41) is 3.39. The maximum absolute atomic E-state index is 13.9. The van der Waals surface area contributed by atoms with Gasteiger partial charge in [0.05, 0.1) is 7.11 Å². The number of carbonyl (C=O) groups excluding carboxylic acids is 1. The third-order valence-corrected chi connectivity index (χ3v) is 4.83. The van der Waals surface area contributed by atoms with Gasteiger partial charge in [-0.1, -0.05) is 19.9 Å². The largest absolute Gasteiger partial charge is 0.494 e. The summed E-state index contributed by atoms with van der Waals surface area (Å²) < 4.78 is 18.9. The van der Waals surface area contributed by atoms with Crippen molar-refractivity contribution in [2.24, 2.45) is 10.9 Å². The summed E-state index contributed by atoms with van der Waals surface area (Å²) in [7, 11) is 4.94. The first-order chi connectivity index (χ1) is 13.8. The molecule has 1 saturated heterocycles. The summed E-state index contributed by atoms with van der Waals surface area (Å²) in [5.74, 6) is 1.18. The van der Waals surface area contributed by atoms with E-state index in [4.69, 9.17) is 4.74 Å². The lowest BCUT2D eigenvalue weighted by atomic mass is 10.2. The molecule has 30 heavy (non-hydrogen) atoms. The summed E-state index contributed by atoms with van der Waals surface area (Å²) in [5.41, 5.74) is 0.931. The Balaban J connectivity index is 0.00000450. The number of likely N-dealkylation sites (N-methyl/N-ethyl adjacent to an activating group) is 1. The Morgan fingerprint density at radius 2 is 1.93 bits per heavy atom. The van der Waals surface area contributed by atoms with Crippen LogP contribution in [0.4, 0.5) is 4.39 Å². The molecular formula is C21H35FIN5O2. The molecule has 1 aliphatic heterocycles. The van der Waals surface area contributed by atoms with Crippen molar-refractivity contribution in [3.05, 3.63) is 29.6 Å². The summed E-state index contributed by atoms with van der Waals surface area (Å²) in [6.07, 6.45) is 0. The number of nitrogens with one attached hydrogen (secondary N) is 1. The van der Waals surface area contributed by atoms with Gasteiger partial charge in [0.2, 0.25) is 5.91 Å². The number of halogens is 2. The van der Waals surface area contributed by atoms with Crippen molar-refractivity contribution >= 4 is 35.8 Å². The number of ether oxygens (including phenoxy) is 1. The van der Waals surface area contributed by atoms with Gasteiger partial charge >= 0.3 is 0 Å². The maximum atomic E-state index is 13.9. The minimum Gasteiger partial charge on any atom is -0.494 e. The fourth-order valence-electron chi connectivity index (χ4n) is 3.03. The van der Waals surface area contributed by atoms with Gasteiger partial charge in [-0.05, 0) is 23.6 Å². The fraction of sp³-hybridized carbons (Fsp3) is 0.619. The summed E-state index contributed by atoms with van der Waals surface area (Å²) in [6.45, 7) is 9.22.